The van der Waals surface area contributed by atoms with E-state index in [2.05, 4.69) is 10.2 Å². The summed E-state index contributed by atoms with van der Waals surface area (Å²) in [6.07, 6.45) is 1.74. The molecule has 5 nitrogen and oxygen atoms in total. The van der Waals surface area contributed by atoms with E-state index in [1.54, 1.807) is 7.11 Å². The number of esters is 1. The SMILES string of the molecule is CCOC(=O)C1(N2CCNCC2)CC(OC)C1. The Labute approximate surface area is 102 Å². The maximum atomic E-state index is 12.2. The average Bonchev–Trinajstić information content (AvgIpc) is 2.30. The van der Waals surface area contributed by atoms with E-state index in [0.717, 1.165) is 39.0 Å². The molecule has 1 aliphatic heterocycles. The van der Waals surface area contributed by atoms with Gasteiger partial charge in [0.2, 0.25) is 0 Å². The Balaban J connectivity index is 2.05. The number of hydrogen-bond donors (Lipinski definition) is 1. The first-order chi connectivity index (χ1) is 8.23. The fourth-order valence-electron chi connectivity index (χ4n) is 2.77. The highest BCUT2D eigenvalue weighted by Crippen LogP contribution is 2.40. The van der Waals surface area contributed by atoms with Crippen molar-refractivity contribution in [2.75, 3.05) is 39.9 Å². The van der Waals surface area contributed by atoms with Crippen LogP contribution in [0.2, 0.25) is 0 Å². The summed E-state index contributed by atoms with van der Waals surface area (Å²) < 4.78 is 10.5. The second kappa shape index (κ2) is 5.33. The largest absolute Gasteiger partial charge is 0.465 e. The van der Waals surface area contributed by atoms with Gasteiger partial charge in [-0.05, 0) is 6.92 Å². The molecule has 1 N–H and O–H groups in total. The summed E-state index contributed by atoms with van der Waals surface area (Å²) in [5.74, 6) is -0.0739. The highest BCUT2D eigenvalue weighted by Gasteiger charge is 2.55. The van der Waals surface area contributed by atoms with Crippen LogP contribution < -0.4 is 5.32 Å². The number of piperazine rings is 1. The van der Waals surface area contributed by atoms with E-state index in [-0.39, 0.29) is 12.1 Å². The van der Waals surface area contributed by atoms with Gasteiger partial charge in [0.1, 0.15) is 5.54 Å². The molecule has 17 heavy (non-hydrogen) atoms. The van der Waals surface area contributed by atoms with Gasteiger partial charge < -0.3 is 14.8 Å². The molecule has 2 fully saturated rings. The van der Waals surface area contributed by atoms with Crippen LogP contribution in [0, 0.1) is 0 Å². The van der Waals surface area contributed by atoms with Crippen molar-refractivity contribution in [2.45, 2.75) is 31.4 Å². The Morgan fingerprint density at radius 3 is 2.59 bits per heavy atom. The maximum absolute atomic E-state index is 12.2. The number of ether oxygens (including phenoxy) is 2. The lowest BCUT2D eigenvalue weighted by molar-refractivity contribution is -0.177. The number of carbonyl (C=O) groups excluding carboxylic acids is 1. The van der Waals surface area contributed by atoms with Crippen LogP contribution in [0.15, 0.2) is 0 Å². The van der Waals surface area contributed by atoms with E-state index in [4.69, 9.17) is 9.47 Å². The molecular weight excluding hydrogens is 220 g/mol. The Morgan fingerprint density at radius 1 is 1.41 bits per heavy atom. The molecular formula is C12H22N2O3. The predicted octanol–water partition coefficient (Wildman–Crippen LogP) is 0.00230. The number of hydrogen-bond acceptors (Lipinski definition) is 5. The third kappa shape index (κ3) is 2.32. The molecule has 1 saturated heterocycles. The molecule has 0 aromatic heterocycles. The summed E-state index contributed by atoms with van der Waals surface area (Å²) in [6, 6.07) is 0. The highest BCUT2D eigenvalue weighted by atomic mass is 16.5. The van der Waals surface area contributed by atoms with Gasteiger partial charge in [-0.3, -0.25) is 9.69 Å². The molecule has 98 valence electrons. The van der Waals surface area contributed by atoms with Crippen molar-refractivity contribution in [2.24, 2.45) is 0 Å². The first-order valence-corrected chi connectivity index (χ1v) is 6.38. The van der Waals surface area contributed by atoms with Crippen molar-refractivity contribution in [1.29, 1.82) is 0 Å². The quantitative estimate of drug-likeness (QED) is 0.703. The third-order valence-corrected chi connectivity index (χ3v) is 3.84. The normalized spacial score (nSPS) is 34.1. The van der Waals surface area contributed by atoms with Gasteiger partial charge in [-0.25, -0.2) is 0 Å². The monoisotopic (exact) mass is 242 g/mol. The average molecular weight is 242 g/mol. The minimum absolute atomic E-state index is 0.0739. The lowest BCUT2D eigenvalue weighted by atomic mass is 9.72. The highest BCUT2D eigenvalue weighted by molar-refractivity contribution is 5.82. The summed E-state index contributed by atoms with van der Waals surface area (Å²) in [6.45, 7) is 6.02. The molecule has 0 atom stereocenters. The van der Waals surface area contributed by atoms with E-state index in [1.165, 1.54) is 0 Å². The van der Waals surface area contributed by atoms with Crippen LogP contribution >= 0.6 is 0 Å². The zero-order valence-corrected chi connectivity index (χ0v) is 10.7. The Morgan fingerprint density at radius 2 is 2.06 bits per heavy atom. The van der Waals surface area contributed by atoms with Gasteiger partial charge in [0.25, 0.3) is 0 Å². The lowest BCUT2D eigenvalue weighted by Crippen LogP contribution is -2.68. The molecule has 0 unspecified atom stereocenters. The van der Waals surface area contributed by atoms with E-state index < -0.39 is 5.54 Å². The third-order valence-electron chi connectivity index (χ3n) is 3.84. The Hall–Kier alpha value is -0.650. The zero-order valence-electron chi connectivity index (χ0n) is 10.7. The van der Waals surface area contributed by atoms with Crippen LogP contribution in [0.4, 0.5) is 0 Å². The number of nitrogens with zero attached hydrogens (tertiary/aromatic N) is 1. The Kier molecular flexibility index (Phi) is 4.01. The van der Waals surface area contributed by atoms with Gasteiger partial charge in [0, 0.05) is 46.1 Å². The smallest absolute Gasteiger partial charge is 0.326 e. The van der Waals surface area contributed by atoms with Gasteiger partial charge in [-0.1, -0.05) is 0 Å². The fourth-order valence-corrected chi connectivity index (χ4v) is 2.77. The van der Waals surface area contributed by atoms with Gasteiger partial charge in [0.15, 0.2) is 0 Å². The fraction of sp³-hybridized carbons (Fsp3) is 0.917. The molecule has 0 bridgehead atoms. The minimum atomic E-state index is -0.418. The van der Waals surface area contributed by atoms with E-state index in [1.807, 2.05) is 6.92 Å². The van der Waals surface area contributed by atoms with Crippen molar-refractivity contribution in [3.05, 3.63) is 0 Å². The van der Waals surface area contributed by atoms with Crippen LogP contribution in [0.3, 0.4) is 0 Å². The molecule has 0 aromatic rings. The second-order valence-corrected chi connectivity index (χ2v) is 4.76. The van der Waals surface area contributed by atoms with E-state index >= 15 is 0 Å². The van der Waals surface area contributed by atoms with Crippen molar-refractivity contribution < 1.29 is 14.3 Å². The molecule has 5 heteroatoms. The van der Waals surface area contributed by atoms with Crippen molar-refractivity contribution in [3.8, 4) is 0 Å². The minimum Gasteiger partial charge on any atom is -0.465 e. The molecule has 2 rings (SSSR count). The van der Waals surface area contributed by atoms with Gasteiger partial charge in [-0.2, -0.15) is 0 Å². The lowest BCUT2D eigenvalue weighted by Gasteiger charge is -2.52. The first kappa shape index (κ1) is 12.8. The van der Waals surface area contributed by atoms with Crippen molar-refractivity contribution in [1.82, 2.24) is 10.2 Å². The number of methoxy groups -OCH3 is 1. The number of rotatable bonds is 4. The molecule has 2 aliphatic rings. The van der Waals surface area contributed by atoms with Crippen molar-refractivity contribution >= 4 is 5.97 Å². The van der Waals surface area contributed by atoms with Crippen LogP contribution in [-0.2, 0) is 14.3 Å². The van der Waals surface area contributed by atoms with Gasteiger partial charge >= 0.3 is 5.97 Å². The topological polar surface area (TPSA) is 50.8 Å². The second-order valence-electron chi connectivity index (χ2n) is 4.76. The number of nitrogens with one attached hydrogen (secondary N) is 1. The van der Waals surface area contributed by atoms with Crippen LogP contribution in [0.5, 0.6) is 0 Å². The summed E-state index contributed by atoms with van der Waals surface area (Å²) in [5, 5.41) is 3.31. The van der Waals surface area contributed by atoms with Crippen LogP contribution in [0.1, 0.15) is 19.8 Å². The predicted molar refractivity (Wildman–Crippen MR) is 63.8 cm³/mol. The van der Waals surface area contributed by atoms with E-state index in [9.17, 15) is 4.79 Å². The van der Waals surface area contributed by atoms with Crippen molar-refractivity contribution in [3.63, 3.8) is 0 Å². The molecule has 0 amide bonds. The molecule has 1 aliphatic carbocycles. The summed E-state index contributed by atoms with van der Waals surface area (Å²) >= 11 is 0. The molecule has 0 aromatic carbocycles. The summed E-state index contributed by atoms with van der Waals surface area (Å²) in [4.78, 5) is 14.4. The van der Waals surface area contributed by atoms with Crippen LogP contribution in [-0.4, -0.2) is 62.4 Å². The molecule has 1 saturated carbocycles. The summed E-state index contributed by atoms with van der Waals surface area (Å²) in [5.41, 5.74) is -0.418. The van der Waals surface area contributed by atoms with E-state index in [0.29, 0.717) is 6.61 Å². The maximum Gasteiger partial charge on any atom is 0.326 e. The van der Waals surface area contributed by atoms with Crippen LogP contribution in [0.25, 0.3) is 0 Å². The Bertz CT molecular complexity index is 271. The molecule has 0 spiro atoms. The van der Waals surface area contributed by atoms with Gasteiger partial charge in [0.05, 0.1) is 12.7 Å². The standard InChI is InChI=1S/C12H22N2O3/c1-3-17-11(15)12(8-10(9-12)16-2)14-6-4-13-5-7-14/h10,13H,3-9H2,1-2H3. The zero-order chi connectivity index (χ0) is 12.3. The molecule has 1 heterocycles. The number of carbonyl (C=O) groups is 1. The first-order valence-electron chi connectivity index (χ1n) is 6.38. The summed E-state index contributed by atoms with van der Waals surface area (Å²) in [7, 11) is 1.71. The molecule has 0 radical (unpaired) electrons. The van der Waals surface area contributed by atoms with Gasteiger partial charge in [-0.15, -0.1) is 0 Å².